The van der Waals surface area contributed by atoms with Crippen LogP contribution in [0.4, 0.5) is 5.69 Å². The summed E-state index contributed by atoms with van der Waals surface area (Å²) in [5.74, 6) is -0.00100. The van der Waals surface area contributed by atoms with E-state index in [1.54, 1.807) is 11.2 Å². The van der Waals surface area contributed by atoms with Crippen LogP contribution in [0.25, 0.3) is 10.2 Å². The van der Waals surface area contributed by atoms with Gasteiger partial charge in [0.15, 0.2) is 0 Å². The Morgan fingerprint density at radius 2 is 1.96 bits per heavy atom. The third-order valence-electron chi connectivity index (χ3n) is 4.41. The molecule has 1 aromatic carbocycles. The summed E-state index contributed by atoms with van der Waals surface area (Å²) in [6, 6.07) is 9.58. The summed E-state index contributed by atoms with van der Waals surface area (Å²) >= 11 is 1.53. The van der Waals surface area contributed by atoms with Crippen LogP contribution in [0, 0.1) is 13.8 Å². The molecule has 3 aromatic rings. The number of aromatic nitrogens is 2. The number of nitrogens with zero attached hydrogens (tertiary/aromatic N) is 3. The second kappa shape index (κ2) is 7.19. The van der Waals surface area contributed by atoms with E-state index in [0.29, 0.717) is 18.5 Å². The molecular weight excluding hydrogens is 334 g/mol. The van der Waals surface area contributed by atoms with E-state index in [9.17, 15) is 9.59 Å². The molecule has 0 N–H and O–H groups in total. The van der Waals surface area contributed by atoms with Gasteiger partial charge in [-0.1, -0.05) is 18.2 Å². The lowest BCUT2D eigenvalue weighted by atomic mass is 10.2. The van der Waals surface area contributed by atoms with Crippen LogP contribution >= 0.6 is 11.3 Å². The Labute approximate surface area is 150 Å². The van der Waals surface area contributed by atoms with Crippen LogP contribution in [-0.4, -0.2) is 22.0 Å². The van der Waals surface area contributed by atoms with Gasteiger partial charge in [0.2, 0.25) is 5.91 Å². The van der Waals surface area contributed by atoms with Crippen LogP contribution in [0.3, 0.4) is 0 Å². The second-order valence-electron chi connectivity index (χ2n) is 5.93. The summed E-state index contributed by atoms with van der Waals surface area (Å²) in [4.78, 5) is 33.3. The molecule has 0 saturated heterocycles. The zero-order chi connectivity index (χ0) is 18.0. The molecule has 6 heteroatoms. The lowest BCUT2D eigenvalue weighted by Crippen LogP contribution is -2.32. The summed E-state index contributed by atoms with van der Waals surface area (Å²) in [6.45, 7) is 6.81. The van der Waals surface area contributed by atoms with Crippen LogP contribution in [0.1, 0.15) is 23.8 Å². The van der Waals surface area contributed by atoms with Crippen LogP contribution in [0.5, 0.6) is 0 Å². The Hall–Kier alpha value is -2.47. The van der Waals surface area contributed by atoms with Crippen LogP contribution in [-0.2, 0) is 11.3 Å². The molecule has 0 aliphatic heterocycles. The van der Waals surface area contributed by atoms with Gasteiger partial charge in [0, 0.05) is 30.1 Å². The molecule has 0 aliphatic rings. The molecular formula is C19H21N3O2S. The largest absolute Gasteiger partial charge is 0.313 e. The quantitative estimate of drug-likeness (QED) is 0.704. The molecule has 5 nitrogen and oxygen atoms in total. The number of anilines is 1. The highest BCUT2D eigenvalue weighted by atomic mass is 32.1. The highest BCUT2D eigenvalue weighted by molar-refractivity contribution is 7.18. The van der Waals surface area contributed by atoms with Crippen molar-refractivity contribution in [3.05, 3.63) is 57.5 Å². The van der Waals surface area contributed by atoms with Gasteiger partial charge in [-0.15, -0.1) is 11.3 Å². The van der Waals surface area contributed by atoms with Crippen molar-refractivity contribution in [2.45, 2.75) is 33.7 Å². The van der Waals surface area contributed by atoms with E-state index in [-0.39, 0.29) is 17.9 Å². The first kappa shape index (κ1) is 17.4. The lowest BCUT2D eigenvalue weighted by molar-refractivity contribution is -0.118. The fourth-order valence-electron chi connectivity index (χ4n) is 2.89. The molecule has 2 aromatic heterocycles. The first-order chi connectivity index (χ1) is 12.0. The van der Waals surface area contributed by atoms with Gasteiger partial charge in [0.25, 0.3) is 5.56 Å². The number of hydrogen-bond donors (Lipinski definition) is 0. The van der Waals surface area contributed by atoms with Crippen molar-refractivity contribution >= 4 is 33.1 Å². The number of thiophene rings is 1. The van der Waals surface area contributed by atoms with E-state index in [0.717, 1.165) is 21.0 Å². The number of hydrogen-bond acceptors (Lipinski definition) is 4. The number of carbonyl (C=O) groups is 1. The zero-order valence-corrected chi connectivity index (χ0v) is 15.5. The van der Waals surface area contributed by atoms with Crippen molar-refractivity contribution in [3.63, 3.8) is 0 Å². The molecule has 0 spiro atoms. The summed E-state index contributed by atoms with van der Waals surface area (Å²) in [6.07, 6.45) is 1.81. The van der Waals surface area contributed by atoms with Gasteiger partial charge in [0.05, 0.1) is 11.7 Å². The third kappa shape index (κ3) is 3.35. The molecule has 0 bridgehead atoms. The molecule has 0 aliphatic carbocycles. The number of fused-ring (bicyclic) bond motifs is 1. The first-order valence-electron chi connectivity index (χ1n) is 8.33. The molecule has 0 radical (unpaired) electrons. The van der Waals surface area contributed by atoms with E-state index in [1.807, 2.05) is 51.1 Å². The third-order valence-corrected chi connectivity index (χ3v) is 5.52. The SMILES string of the molecule is CCN(C(=O)CCn1cnc2sc(C)c(C)c2c1=O)c1ccccc1. The number of amides is 1. The molecule has 0 unspecified atom stereocenters. The van der Waals surface area contributed by atoms with Crippen LogP contribution in [0.15, 0.2) is 41.5 Å². The Kier molecular flexibility index (Phi) is 4.99. The van der Waals surface area contributed by atoms with Gasteiger partial charge in [-0.05, 0) is 38.5 Å². The average Bonchev–Trinajstić information content (AvgIpc) is 2.91. The fraction of sp³-hybridized carbons (Fsp3) is 0.316. The lowest BCUT2D eigenvalue weighted by Gasteiger charge is -2.21. The van der Waals surface area contributed by atoms with Crippen molar-refractivity contribution in [1.82, 2.24) is 9.55 Å². The number of carbonyl (C=O) groups excluding carboxylic acids is 1. The van der Waals surface area contributed by atoms with Crippen molar-refractivity contribution in [1.29, 1.82) is 0 Å². The van der Waals surface area contributed by atoms with Gasteiger partial charge in [-0.2, -0.15) is 0 Å². The highest BCUT2D eigenvalue weighted by Crippen LogP contribution is 2.25. The topological polar surface area (TPSA) is 55.2 Å². The normalized spacial score (nSPS) is 11.0. The molecule has 130 valence electrons. The van der Waals surface area contributed by atoms with Gasteiger partial charge < -0.3 is 4.90 Å². The summed E-state index contributed by atoms with van der Waals surface area (Å²) < 4.78 is 1.54. The van der Waals surface area contributed by atoms with Gasteiger partial charge in [0.1, 0.15) is 4.83 Å². The zero-order valence-electron chi connectivity index (χ0n) is 14.7. The van der Waals surface area contributed by atoms with Gasteiger partial charge in [-0.3, -0.25) is 14.2 Å². The minimum absolute atomic E-state index is 0.00100. The van der Waals surface area contributed by atoms with E-state index in [1.165, 1.54) is 15.9 Å². The van der Waals surface area contributed by atoms with Crippen molar-refractivity contribution in [3.8, 4) is 0 Å². The smallest absolute Gasteiger partial charge is 0.262 e. The molecule has 25 heavy (non-hydrogen) atoms. The summed E-state index contributed by atoms with van der Waals surface area (Å²) in [5, 5.41) is 0.674. The molecule has 0 atom stereocenters. The number of aryl methyl sites for hydroxylation is 3. The Morgan fingerprint density at radius 3 is 2.64 bits per heavy atom. The number of rotatable bonds is 5. The van der Waals surface area contributed by atoms with Crippen LogP contribution in [0.2, 0.25) is 0 Å². The maximum absolute atomic E-state index is 12.7. The highest BCUT2D eigenvalue weighted by Gasteiger charge is 2.16. The Balaban J connectivity index is 1.80. The minimum Gasteiger partial charge on any atom is -0.313 e. The molecule has 0 saturated carbocycles. The monoisotopic (exact) mass is 355 g/mol. The predicted octanol–water partition coefficient (Wildman–Crippen LogP) is 3.52. The maximum Gasteiger partial charge on any atom is 0.262 e. The van der Waals surface area contributed by atoms with Gasteiger partial charge >= 0.3 is 0 Å². The number of benzene rings is 1. The minimum atomic E-state index is -0.0672. The molecule has 0 fully saturated rings. The second-order valence-corrected chi connectivity index (χ2v) is 7.13. The molecule has 3 rings (SSSR count). The van der Waals surface area contributed by atoms with Crippen molar-refractivity contribution in [2.24, 2.45) is 0 Å². The van der Waals surface area contributed by atoms with E-state index in [4.69, 9.17) is 0 Å². The Bertz CT molecular complexity index is 960. The maximum atomic E-state index is 12.7. The van der Waals surface area contributed by atoms with Crippen molar-refractivity contribution in [2.75, 3.05) is 11.4 Å². The average molecular weight is 355 g/mol. The van der Waals surface area contributed by atoms with Crippen LogP contribution < -0.4 is 10.5 Å². The van der Waals surface area contributed by atoms with Crippen molar-refractivity contribution < 1.29 is 4.79 Å². The predicted molar refractivity (Wildman–Crippen MR) is 102 cm³/mol. The first-order valence-corrected chi connectivity index (χ1v) is 9.15. The Morgan fingerprint density at radius 1 is 1.24 bits per heavy atom. The van der Waals surface area contributed by atoms with E-state index >= 15 is 0 Å². The summed E-state index contributed by atoms with van der Waals surface area (Å²) in [7, 11) is 0. The molecule has 1 amide bonds. The molecule has 2 heterocycles. The summed E-state index contributed by atoms with van der Waals surface area (Å²) in [5.41, 5.74) is 1.79. The standard InChI is InChI=1S/C19H21N3O2S/c1-4-22(15-8-6-5-7-9-15)16(23)10-11-21-12-20-18-17(19(21)24)13(2)14(3)25-18/h5-9,12H,4,10-11H2,1-3H3. The fourth-order valence-corrected chi connectivity index (χ4v) is 3.88. The van der Waals surface area contributed by atoms with E-state index < -0.39 is 0 Å². The number of para-hydroxylation sites is 1. The van der Waals surface area contributed by atoms with E-state index in [2.05, 4.69) is 4.98 Å². The van der Waals surface area contributed by atoms with Gasteiger partial charge in [-0.25, -0.2) is 4.98 Å².